The minimum atomic E-state index is -4.40. The van der Waals surface area contributed by atoms with Crippen LogP contribution in [0.2, 0.25) is 0 Å². The Morgan fingerprint density at radius 3 is 2.17 bits per heavy atom. The van der Waals surface area contributed by atoms with Gasteiger partial charge in [0.15, 0.2) is 9.84 Å². The molecule has 0 spiro atoms. The summed E-state index contributed by atoms with van der Waals surface area (Å²) >= 11 is 0. The molecule has 0 aromatic heterocycles. The molecule has 1 heterocycles. The molecule has 2 aromatic carbocycles. The van der Waals surface area contributed by atoms with Crippen molar-refractivity contribution in [3.63, 3.8) is 0 Å². The third-order valence-electron chi connectivity index (χ3n) is 7.60. The molecule has 1 fully saturated rings. The molecule has 2 aromatic rings. The molecule has 1 aliphatic rings. The maximum atomic E-state index is 13.1. The van der Waals surface area contributed by atoms with Crippen LogP contribution in [0.3, 0.4) is 0 Å². The normalized spacial score (nSPS) is 16.2. The summed E-state index contributed by atoms with van der Waals surface area (Å²) in [6.07, 6.45) is -2.08. The zero-order valence-electron chi connectivity index (χ0n) is 24.3. The molecule has 42 heavy (non-hydrogen) atoms. The molecule has 234 valence electrons. The summed E-state index contributed by atoms with van der Waals surface area (Å²) in [7, 11) is -3.30. The molecule has 3 rings (SSSR count). The van der Waals surface area contributed by atoms with Crippen LogP contribution >= 0.6 is 12.4 Å². The summed E-state index contributed by atoms with van der Waals surface area (Å²) < 4.78 is 61.8. The number of rotatable bonds is 12. The van der Waals surface area contributed by atoms with Crippen LogP contribution in [-0.4, -0.2) is 74.7 Å². The number of amides is 2. The summed E-state index contributed by atoms with van der Waals surface area (Å²) in [4.78, 5) is 30.0. The van der Waals surface area contributed by atoms with Crippen molar-refractivity contribution in [3.05, 3.63) is 65.7 Å². The van der Waals surface area contributed by atoms with E-state index < -0.39 is 40.3 Å². The minimum Gasteiger partial charge on any atom is -0.349 e. The summed E-state index contributed by atoms with van der Waals surface area (Å²) in [6, 6.07) is 15.4. The lowest BCUT2D eigenvalue weighted by atomic mass is 9.99. The van der Waals surface area contributed by atoms with Crippen LogP contribution in [-0.2, 0) is 25.8 Å². The summed E-state index contributed by atoms with van der Waals surface area (Å²) in [5.41, 5.74) is 1.61. The average molecular weight is 632 g/mol. The van der Waals surface area contributed by atoms with E-state index in [4.69, 9.17) is 0 Å². The second-order valence-electron chi connectivity index (χ2n) is 10.8. The Morgan fingerprint density at radius 2 is 1.64 bits per heavy atom. The highest BCUT2D eigenvalue weighted by Crippen LogP contribution is 2.26. The second-order valence-corrected chi connectivity index (χ2v) is 12.8. The smallest absolute Gasteiger partial charge is 0.349 e. The standard InChI is InChI=1S/C30H40F3N3O4S.ClH/c1-4-36(28(37)20-23-10-12-26(13-11-23)41(3,39)40)25-14-17-35(18-15-25)19-16-27(24-8-6-5-7-9-24)34-29(38)22(2)21-30(31,32)33;/h5-13,22,25,27H,4,14-21H2,1-3H3,(H,34,38);1H/t22?,27-;/m0./s1. The molecule has 1 aliphatic heterocycles. The molecule has 1 unspecified atom stereocenters. The van der Waals surface area contributed by atoms with E-state index in [0.717, 1.165) is 43.3 Å². The highest BCUT2D eigenvalue weighted by atomic mass is 35.5. The first-order valence-corrected chi connectivity index (χ1v) is 15.9. The van der Waals surface area contributed by atoms with Crippen molar-refractivity contribution in [2.24, 2.45) is 5.92 Å². The van der Waals surface area contributed by atoms with Crippen molar-refractivity contribution in [3.8, 4) is 0 Å². The highest BCUT2D eigenvalue weighted by molar-refractivity contribution is 7.90. The Bertz CT molecular complexity index is 1250. The quantitative estimate of drug-likeness (QED) is 0.348. The maximum Gasteiger partial charge on any atom is 0.389 e. The largest absolute Gasteiger partial charge is 0.389 e. The number of carbonyl (C=O) groups is 2. The van der Waals surface area contributed by atoms with E-state index in [9.17, 15) is 31.2 Å². The predicted octanol–water partition coefficient (Wildman–Crippen LogP) is 5.20. The van der Waals surface area contributed by atoms with Gasteiger partial charge in [0.2, 0.25) is 11.8 Å². The third kappa shape index (κ3) is 10.9. The molecule has 0 saturated carbocycles. The van der Waals surface area contributed by atoms with Crippen molar-refractivity contribution >= 4 is 34.1 Å². The van der Waals surface area contributed by atoms with Crippen molar-refractivity contribution in [2.75, 3.05) is 32.4 Å². The number of halogens is 4. The Balaban J connectivity index is 0.00000616. The molecule has 2 amide bonds. The molecule has 2 atom stereocenters. The number of hydrogen-bond donors (Lipinski definition) is 1. The van der Waals surface area contributed by atoms with Gasteiger partial charge in [-0.25, -0.2) is 8.42 Å². The van der Waals surface area contributed by atoms with Crippen LogP contribution in [0.4, 0.5) is 13.2 Å². The van der Waals surface area contributed by atoms with E-state index in [0.29, 0.717) is 19.5 Å². The van der Waals surface area contributed by atoms with E-state index >= 15 is 0 Å². The maximum absolute atomic E-state index is 13.1. The van der Waals surface area contributed by atoms with Gasteiger partial charge in [-0.2, -0.15) is 13.2 Å². The van der Waals surface area contributed by atoms with E-state index in [1.165, 1.54) is 19.1 Å². The van der Waals surface area contributed by atoms with Crippen LogP contribution in [0, 0.1) is 5.92 Å². The topological polar surface area (TPSA) is 86.8 Å². The number of piperidine rings is 1. The van der Waals surface area contributed by atoms with Crippen molar-refractivity contribution in [1.29, 1.82) is 0 Å². The Hall–Kier alpha value is -2.63. The number of likely N-dealkylation sites (N-methyl/N-ethyl adjacent to an activating group) is 1. The van der Waals surface area contributed by atoms with E-state index in [-0.39, 0.29) is 35.7 Å². The fraction of sp³-hybridized carbons (Fsp3) is 0.533. The lowest BCUT2D eigenvalue weighted by Gasteiger charge is -2.38. The fourth-order valence-corrected chi connectivity index (χ4v) is 5.93. The fourth-order valence-electron chi connectivity index (χ4n) is 5.30. The highest BCUT2D eigenvalue weighted by Gasteiger charge is 2.34. The first-order chi connectivity index (χ1) is 19.3. The van der Waals surface area contributed by atoms with Gasteiger partial charge in [0.1, 0.15) is 0 Å². The number of sulfone groups is 1. The second kappa shape index (κ2) is 15.7. The minimum absolute atomic E-state index is 0. The third-order valence-corrected chi connectivity index (χ3v) is 8.73. The van der Waals surface area contributed by atoms with Gasteiger partial charge in [0.25, 0.3) is 0 Å². The predicted molar refractivity (Wildman–Crippen MR) is 159 cm³/mol. The number of carbonyl (C=O) groups excluding carboxylic acids is 2. The summed E-state index contributed by atoms with van der Waals surface area (Å²) in [6.45, 7) is 6.00. The Kier molecular flexibility index (Phi) is 13.3. The number of likely N-dealkylation sites (tertiary alicyclic amines) is 1. The Labute approximate surface area is 253 Å². The molecule has 1 saturated heterocycles. The number of nitrogens with zero attached hydrogens (tertiary/aromatic N) is 2. The van der Waals surface area contributed by atoms with E-state index in [1.807, 2.05) is 42.2 Å². The molecule has 12 heteroatoms. The number of hydrogen-bond acceptors (Lipinski definition) is 5. The van der Waals surface area contributed by atoms with Gasteiger partial charge in [-0.3, -0.25) is 9.59 Å². The van der Waals surface area contributed by atoms with Crippen LogP contribution in [0.1, 0.15) is 56.7 Å². The number of alkyl halides is 3. The van der Waals surface area contributed by atoms with Gasteiger partial charge in [-0.05, 0) is 49.4 Å². The van der Waals surface area contributed by atoms with Crippen LogP contribution in [0.5, 0.6) is 0 Å². The molecular weight excluding hydrogens is 591 g/mol. The van der Waals surface area contributed by atoms with Gasteiger partial charge in [0, 0.05) is 44.4 Å². The summed E-state index contributed by atoms with van der Waals surface area (Å²) in [5.74, 6) is -1.79. The molecule has 0 radical (unpaired) electrons. The lowest BCUT2D eigenvalue weighted by Crippen LogP contribution is -2.48. The van der Waals surface area contributed by atoms with Gasteiger partial charge in [0.05, 0.1) is 23.8 Å². The molecule has 0 bridgehead atoms. The molecule has 7 nitrogen and oxygen atoms in total. The van der Waals surface area contributed by atoms with Gasteiger partial charge < -0.3 is 15.1 Å². The lowest BCUT2D eigenvalue weighted by molar-refractivity contribution is -0.153. The Morgan fingerprint density at radius 1 is 1.05 bits per heavy atom. The summed E-state index contributed by atoms with van der Waals surface area (Å²) in [5, 5.41) is 2.83. The van der Waals surface area contributed by atoms with Crippen molar-refractivity contribution < 1.29 is 31.2 Å². The molecule has 1 N–H and O–H groups in total. The number of nitrogens with one attached hydrogen (secondary N) is 1. The van der Waals surface area contributed by atoms with E-state index in [2.05, 4.69) is 10.2 Å². The first-order valence-electron chi connectivity index (χ1n) is 14.0. The van der Waals surface area contributed by atoms with Crippen molar-refractivity contribution in [2.45, 2.75) is 69.1 Å². The first kappa shape index (κ1) is 35.6. The molecular formula is C30H41ClF3N3O4S. The number of benzene rings is 2. The monoisotopic (exact) mass is 631 g/mol. The van der Waals surface area contributed by atoms with Crippen LogP contribution in [0.15, 0.2) is 59.5 Å². The van der Waals surface area contributed by atoms with Gasteiger partial charge in [-0.1, -0.05) is 49.4 Å². The molecule has 0 aliphatic carbocycles. The average Bonchev–Trinajstić information content (AvgIpc) is 2.91. The van der Waals surface area contributed by atoms with Crippen LogP contribution < -0.4 is 5.32 Å². The zero-order valence-corrected chi connectivity index (χ0v) is 25.9. The van der Waals surface area contributed by atoms with Crippen LogP contribution in [0.25, 0.3) is 0 Å². The zero-order chi connectivity index (χ0) is 30.2. The van der Waals surface area contributed by atoms with Gasteiger partial charge >= 0.3 is 6.18 Å². The SMILES string of the molecule is CCN(C(=O)Cc1ccc(S(C)(=O)=O)cc1)C1CCN(CC[C@H](NC(=O)C(C)CC(F)(F)F)c2ccccc2)CC1.Cl. The van der Waals surface area contributed by atoms with E-state index in [1.54, 1.807) is 12.1 Å². The van der Waals surface area contributed by atoms with Gasteiger partial charge in [-0.15, -0.1) is 12.4 Å². The van der Waals surface area contributed by atoms with Crippen molar-refractivity contribution in [1.82, 2.24) is 15.1 Å².